The Hall–Kier alpha value is -1.60. The minimum absolute atomic E-state index is 0.258. The number of carbonyl (C=O) groups is 1. The van der Waals surface area contributed by atoms with Gasteiger partial charge in [0.2, 0.25) is 0 Å². The molecule has 15 heavy (non-hydrogen) atoms. The van der Waals surface area contributed by atoms with Gasteiger partial charge in [-0.15, -0.1) is 0 Å². The van der Waals surface area contributed by atoms with Crippen molar-refractivity contribution in [2.45, 2.75) is 19.4 Å². The van der Waals surface area contributed by atoms with Gasteiger partial charge in [0, 0.05) is 6.20 Å². The Bertz CT molecular complexity index is 383. The summed E-state index contributed by atoms with van der Waals surface area (Å²) in [4.78, 5) is 15.4. The van der Waals surface area contributed by atoms with E-state index < -0.39 is 6.04 Å². The summed E-state index contributed by atoms with van der Waals surface area (Å²) < 4.78 is 0. The second-order valence-corrected chi connectivity index (χ2v) is 3.36. The van der Waals surface area contributed by atoms with E-state index in [1.807, 2.05) is 13.0 Å². The standard InChI is InChI=1S/C10H10ClN3O/c1-2-8(5-12)14-10(15)9-4-3-7(11)6-13-9/h3-4,6,8H,2H2,1H3,(H,14,15). The lowest BCUT2D eigenvalue weighted by molar-refractivity contribution is 0.0939. The highest BCUT2D eigenvalue weighted by molar-refractivity contribution is 6.30. The lowest BCUT2D eigenvalue weighted by Crippen LogP contribution is -2.33. The zero-order valence-corrected chi connectivity index (χ0v) is 8.95. The third-order valence-corrected chi connectivity index (χ3v) is 2.05. The molecule has 4 nitrogen and oxygen atoms in total. The lowest BCUT2D eigenvalue weighted by Gasteiger charge is -2.07. The number of aromatic nitrogens is 1. The van der Waals surface area contributed by atoms with Crippen LogP contribution in [0.25, 0.3) is 0 Å². The topological polar surface area (TPSA) is 65.8 Å². The quantitative estimate of drug-likeness (QED) is 0.849. The second kappa shape index (κ2) is 5.32. The van der Waals surface area contributed by atoms with E-state index in [1.165, 1.54) is 12.3 Å². The number of nitrogens with zero attached hydrogens (tertiary/aromatic N) is 2. The third kappa shape index (κ3) is 3.22. The van der Waals surface area contributed by atoms with Crippen molar-refractivity contribution in [1.82, 2.24) is 10.3 Å². The van der Waals surface area contributed by atoms with Crippen LogP contribution >= 0.6 is 11.6 Å². The molecule has 0 aliphatic heterocycles. The molecule has 0 radical (unpaired) electrons. The minimum atomic E-state index is -0.477. The summed E-state index contributed by atoms with van der Waals surface area (Å²) in [6.45, 7) is 1.82. The van der Waals surface area contributed by atoms with E-state index in [1.54, 1.807) is 6.07 Å². The molecule has 0 fully saturated rings. The highest BCUT2D eigenvalue weighted by Crippen LogP contribution is 2.06. The molecular weight excluding hydrogens is 214 g/mol. The maximum absolute atomic E-state index is 11.5. The second-order valence-electron chi connectivity index (χ2n) is 2.93. The molecular formula is C10H10ClN3O. The van der Waals surface area contributed by atoms with Gasteiger partial charge < -0.3 is 5.32 Å². The van der Waals surface area contributed by atoms with Gasteiger partial charge in [0.05, 0.1) is 11.1 Å². The van der Waals surface area contributed by atoms with Crippen LogP contribution in [0.3, 0.4) is 0 Å². The van der Waals surface area contributed by atoms with Crippen LogP contribution in [-0.2, 0) is 0 Å². The fourth-order valence-electron chi connectivity index (χ4n) is 0.968. The Kier molecular flexibility index (Phi) is 4.07. The van der Waals surface area contributed by atoms with Crippen molar-refractivity contribution in [2.75, 3.05) is 0 Å². The van der Waals surface area contributed by atoms with Gasteiger partial charge in [0.1, 0.15) is 11.7 Å². The van der Waals surface area contributed by atoms with Gasteiger partial charge in [-0.1, -0.05) is 18.5 Å². The largest absolute Gasteiger partial charge is 0.335 e. The fraction of sp³-hybridized carbons (Fsp3) is 0.300. The molecule has 1 rings (SSSR count). The van der Waals surface area contributed by atoms with E-state index in [4.69, 9.17) is 16.9 Å². The van der Waals surface area contributed by atoms with E-state index in [2.05, 4.69) is 10.3 Å². The maximum Gasteiger partial charge on any atom is 0.270 e. The summed E-state index contributed by atoms with van der Waals surface area (Å²) in [7, 11) is 0. The number of nitriles is 1. The predicted octanol–water partition coefficient (Wildman–Crippen LogP) is 1.77. The van der Waals surface area contributed by atoms with Crippen molar-refractivity contribution < 1.29 is 4.79 Å². The van der Waals surface area contributed by atoms with E-state index in [9.17, 15) is 4.79 Å². The highest BCUT2D eigenvalue weighted by Gasteiger charge is 2.11. The predicted molar refractivity (Wildman–Crippen MR) is 56.4 cm³/mol. The van der Waals surface area contributed by atoms with E-state index >= 15 is 0 Å². The number of rotatable bonds is 3. The minimum Gasteiger partial charge on any atom is -0.335 e. The molecule has 1 unspecified atom stereocenters. The summed E-state index contributed by atoms with van der Waals surface area (Å²) in [6.07, 6.45) is 1.96. The first-order valence-corrected chi connectivity index (χ1v) is 4.87. The van der Waals surface area contributed by atoms with Crippen LogP contribution in [0.5, 0.6) is 0 Å². The molecule has 1 heterocycles. The number of amides is 1. The summed E-state index contributed by atoms with van der Waals surface area (Å²) in [6, 6.07) is 4.60. The Labute approximate surface area is 92.9 Å². The van der Waals surface area contributed by atoms with Crippen LogP contribution in [0.1, 0.15) is 23.8 Å². The lowest BCUT2D eigenvalue weighted by atomic mass is 10.2. The smallest absolute Gasteiger partial charge is 0.270 e. The van der Waals surface area contributed by atoms with Crippen LogP contribution in [0, 0.1) is 11.3 Å². The molecule has 0 aliphatic carbocycles. The van der Waals surface area contributed by atoms with Gasteiger partial charge in [0.15, 0.2) is 0 Å². The van der Waals surface area contributed by atoms with E-state index in [0.717, 1.165) is 0 Å². The number of hydrogen-bond donors (Lipinski definition) is 1. The monoisotopic (exact) mass is 223 g/mol. The molecule has 1 aromatic rings. The zero-order chi connectivity index (χ0) is 11.3. The summed E-state index contributed by atoms with van der Waals surface area (Å²) >= 11 is 5.63. The van der Waals surface area contributed by atoms with Gasteiger partial charge in [-0.2, -0.15) is 5.26 Å². The van der Waals surface area contributed by atoms with Crippen molar-refractivity contribution in [2.24, 2.45) is 0 Å². The molecule has 1 aromatic heterocycles. The summed E-state index contributed by atoms with van der Waals surface area (Å²) in [5.41, 5.74) is 0.258. The number of halogens is 1. The van der Waals surface area contributed by atoms with Gasteiger partial charge >= 0.3 is 0 Å². The number of hydrogen-bond acceptors (Lipinski definition) is 3. The first-order valence-electron chi connectivity index (χ1n) is 4.49. The van der Waals surface area contributed by atoms with Gasteiger partial charge in [0.25, 0.3) is 5.91 Å². The fourth-order valence-corrected chi connectivity index (χ4v) is 1.08. The maximum atomic E-state index is 11.5. The van der Waals surface area contributed by atoms with Crippen molar-refractivity contribution in [1.29, 1.82) is 5.26 Å². The molecule has 0 saturated carbocycles. The molecule has 0 aliphatic rings. The summed E-state index contributed by atoms with van der Waals surface area (Å²) in [5.74, 6) is -0.361. The summed E-state index contributed by atoms with van der Waals surface area (Å²) in [5, 5.41) is 11.7. The van der Waals surface area contributed by atoms with Crippen LogP contribution in [0.2, 0.25) is 5.02 Å². The molecule has 5 heteroatoms. The Morgan fingerprint density at radius 2 is 2.47 bits per heavy atom. The van der Waals surface area contributed by atoms with Gasteiger partial charge in [-0.05, 0) is 18.6 Å². The zero-order valence-electron chi connectivity index (χ0n) is 8.20. The molecule has 0 saturated heterocycles. The van der Waals surface area contributed by atoms with Crippen molar-refractivity contribution in [3.8, 4) is 6.07 Å². The molecule has 1 amide bonds. The Balaban J connectivity index is 2.70. The molecule has 1 atom stereocenters. The Morgan fingerprint density at radius 1 is 1.73 bits per heavy atom. The van der Waals surface area contributed by atoms with Crippen molar-refractivity contribution in [3.05, 3.63) is 29.0 Å². The number of nitrogens with one attached hydrogen (secondary N) is 1. The molecule has 0 aromatic carbocycles. The first-order chi connectivity index (χ1) is 7.17. The third-order valence-electron chi connectivity index (χ3n) is 1.83. The van der Waals surface area contributed by atoms with Crippen LogP contribution in [0.15, 0.2) is 18.3 Å². The van der Waals surface area contributed by atoms with Crippen LogP contribution in [0.4, 0.5) is 0 Å². The molecule has 1 N–H and O–H groups in total. The highest BCUT2D eigenvalue weighted by atomic mass is 35.5. The van der Waals surface area contributed by atoms with Crippen molar-refractivity contribution >= 4 is 17.5 Å². The average molecular weight is 224 g/mol. The molecule has 78 valence electrons. The van der Waals surface area contributed by atoms with Crippen molar-refractivity contribution in [3.63, 3.8) is 0 Å². The number of pyridine rings is 1. The normalized spacial score (nSPS) is 11.5. The number of carbonyl (C=O) groups excluding carboxylic acids is 1. The Morgan fingerprint density at radius 3 is 2.93 bits per heavy atom. The van der Waals surface area contributed by atoms with Gasteiger partial charge in [-0.25, -0.2) is 4.98 Å². The molecule has 0 bridgehead atoms. The van der Waals surface area contributed by atoms with Crippen LogP contribution in [-0.4, -0.2) is 16.9 Å². The first kappa shape index (κ1) is 11.5. The van der Waals surface area contributed by atoms with E-state index in [0.29, 0.717) is 11.4 Å². The average Bonchev–Trinajstić information content (AvgIpc) is 2.26. The van der Waals surface area contributed by atoms with Crippen LogP contribution < -0.4 is 5.32 Å². The molecule has 0 spiro atoms. The van der Waals surface area contributed by atoms with E-state index in [-0.39, 0.29) is 11.6 Å². The van der Waals surface area contributed by atoms with Gasteiger partial charge in [-0.3, -0.25) is 4.79 Å². The SMILES string of the molecule is CCC(C#N)NC(=O)c1ccc(Cl)cn1.